The van der Waals surface area contributed by atoms with Crippen LogP contribution >= 0.6 is 0 Å². The summed E-state index contributed by atoms with van der Waals surface area (Å²) in [5.41, 5.74) is -0.290. The van der Waals surface area contributed by atoms with E-state index in [1.54, 1.807) is 0 Å². The second-order valence-electron chi connectivity index (χ2n) is 4.59. The van der Waals surface area contributed by atoms with Gasteiger partial charge < -0.3 is 5.11 Å². The van der Waals surface area contributed by atoms with Gasteiger partial charge in [0.05, 0.1) is 6.26 Å². The monoisotopic (exact) mass is 255 g/mol. The topological polar surface area (TPSA) is 57.6 Å². The summed E-state index contributed by atoms with van der Waals surface area (Å²) in [4.78, 5) is 0. The van der Waals surface area contributed by atoms with Gasteiger partial charge in [-0.15, -0.1) is 0 Å². The first-order valence-corrected chi connectivity index (χ1v) is 7.51. The largest absolute Gasteiger partial charge is 0.375 e. The third-order valence-electron chi connectivity index (χ3n) is 3.19. The number of rotatable bonds is 4. The van der Waals surface area contributed by atoms with Crippen LogP contribution in [0.2, 0.25) is 0 Å². The normalized spacial score (nSPS) is 19.0. The minimum Gasteiger partial charge on any atom is -0.375 e. The van der Waals surface area contributed by atoms with Crippen molar-refractivity contribution in [1.82, 2.24) is 4.31 Å². The maximum absolute atomic E-state index is 11.7. The molecule has 0 aromatic heterocycles. The van der Waals surface area contributed by atoms with E-state index in [0.717, 1.165) is 18.2 Å². The SMILES string of the molecule is CS(=O)(=O)N(Cc1ccccc1)C1(O)CCC1. The lowest BCUT2D eigenvalue weighted by Gasteiger charge is -2.44. The molecule has 5 heteroatoms. The number of nitrogens with zero attached hydrogens (tertiary/aromatic N) is 1. The van der Waals surface area contributed by atoms with Crippen LogP contribution in [0.4, 0.5) is 0 Å². The lowest BCUT2D eigenvalue weighted by molar-refractivity contribution is -0.124. The molecule has 1 fully saturated rings. The Hall–Kier alpha value is -0.910. The van der Waals surface area contributed by atoms with Crippen LogP contribution in [0, 0.1) is 0 Å². The van der Waals surface area contributed by atoms with E-state index < -0.39 is 15.7 Å². The van der Waals surface area contributed by atoms with Crippen LogP contribution in [0.5, 0.6) is 0 Å². The summed E-state index contributed by atoms with van der Waals surface area (Å²) < 4.78 is 24.7. The molecule has 1 aliphatic rings. The predicted molar refractivity (Wildman–Crippen MR) is 65.6 cm³/mol. The van der Waals surface area contributed by atoms with Gasteiger partial charge in [0, 0.05) is 6.54 Å². The Morgan fingerprint density at radius 2 is 1.88 bits per heavy atom. The van der Waals surface area contributed by atoms with Crippen molar-refractivity contribution in [3.8, 4) is 0 Å². The van der Waals surface area contributed by atoms with Crippen molar-refractivity contribution >= 4 is 10.0 Å². The summed E-state index contributed by atoms with van der Waals surface area (Å²) in [6, 6.07) is 9.33. The van der Waals surface area contributed by atoms with Crippen LogP contribution in [-0.2, 0) is 16.6 Å². The van der Waals surface area contributed by atoms with E-state index in [1.165, 1.54) is 4.31 Å². The fourth-order valence-corrected chi connectivity index (χ4v) is 3.25. The van der Waals surface area contributed by atoms with E-state index in [-0.39, 0.29) is 6.54 Å². The molecule has 0 bridgehead atoms. The van der Waals surface area contributed by atoms with E-state index in [0.29, 0.717) is 12.8 Å². The van der Waals surface area contributed by atoms with Crippen molar-refractivity contribution in [2.24, 2.45) is 0 Å². The van der Waals surface area contributed by atoms with Crippen LogP contribution in [0.15, 0.2) is 30.3 Å². The molecule has 1 saturated carbocycles. The highest BCUT2D eigenvalue weighted by atomic mass is 32.2. The zero-order chi connectivity index (χ0) is 12.5. The molecular weight excluding hydrogens is 238 g/mol. The van der Waals surface area contributed by atoms with Gasteiger partial charge >= 0.3 is 0 Å². The lowest BCUT2D eigenvalue weighted by atomic mass is 9.88. The average Bonchev–Trinajstić information content (AvgIpc) is 2.23. The quantitative estimate of drug-likeness (QED) is 0.826. The molecule has 0 saturated heterocycles. The molecule has 1 N–H and O–H groups in total. The maximum atomic E-state index is 11.7. The summed E-state index contributed by atoms with van der Waals surface area (Å²) in [5, 5.41) is 10.2. The number of benzene rings is 1. The van der Waals surface area contributed by atoms with Crippen molar-refractivity contribution < 1.29 is 13.5 Å². The van der Waals surface area contributed by atoms with Crippen LogP contribution in [0.3, 0.4) is 0 Å². The Morgan fingerprint density at radius 3 is 2.29 bits per heavy atom. The molecule has 0 heterocycles. The fourth-order valence-electron chi connectivity index (χ4n) is 2.06. The first-order chi connectivity index (χ1) is 7.92. The number of aliphatic hydroxyl groups is 1. The molecular formula is C12H17NO3S. The zero-order valence-electron chi connectivity index (χ0n) is 9.83. The minimum atomic E-state index is -3.40. The van der Waals surface area contributed by atoms with Gasteiger partial charge in [0.25, 0.3) is 0 Å². The van der Waals surface area contributed by atoms with Gasteiger partial charge in [-0.3, -0.25) is 0 Å². The van der Waals surface area contributed by atoms with Crippen molar-refractivity contribution in [2.45, 2.75) is 31.5 Å². The highest BCUT2D eigenvalue weighted by molar-refractivity contribution is 7.88. The summed E-state index contributed by atoms with van der Waals surface area (Å²) >= 11 is 0. The van der Waals surface area contributed by atoms with E-state index in [1.807, 2.05) is 30.3 Å². The zero-order valence-corrected chi connectivity index (χ0v) is 10.7. The Morgan fingerprint density at radius 1 is 1.29 bits per heavy atom. The van der Waals surface area contributed by atoms with Crippen molar-refractivity contribution in [3.05, 3.63) is 35.9 Å². The number of sulfonamides is 1. The average molecular weight is 255 g/mol. The molecule has 17 heavy (non-hydrogen) atoms. The van der Waals surface area contributed by atoms with Gasteiger partial charge in [0.2, 0.25) is 10.0 Å². The van der Waals surface area contributed by atoms with Crippen molar-refractivity contribution in [3.63, 3.8) is 0 Å². The Kier molecular flexibility index (Phi) is 3.25. The molecule has 1 aliphatic carbocycles. The third-order valence-corrected chi connectivity index (χ3v) is 4.46. The maximum Gasteiger partial charge on any atom is 0.213 e. The lowest BCUT2D eigenvalue weighted by Crippen LogP contribution is -2.55. The van der Waals surface area contributed by atoms with Crippen LogP contribution in [0.25, 0.3) is 0 Å². The fraction of sp³-hybridized carbons (Fsp3) is 0.500. The van der Waals surface area contributed by atoms with E-state index >= 15 is 0 Å². The number of hydrogen-bond donors (Lipinski definition) is 1. The first kappa shape index (κ1) is 12.5. The second-order valence-corrected chi connectivity index (χ2v) is 6.50. The predicted octanol–water partition coefficient (Wildman–Crippen LogP) is 1.32. The third kappa shape index (κ3) is 2.68. The van der Waals surface area contributed by atoms with Gasteiger partial charge in [-0.1, -0.05) is 30.3 Å². The van der Waals surface area contributed by atoms with E-state index in [4.69, 9.17) is 0 Å². The van der Waals surface area contributed by atoms with Crippen LogP contribution in [0.1, 0.15) is 24.8 Å². The van der Waals surface area contributed by atoms with Crippen LogP contribution < -0.4 is 0 Å². The molecule has 0 aliphatic heterocycles. The summed E-state index contributed by atoms with van der Waals surface area (Å²) in [6.07, 6.45) is 3.06. The van der Waals surface area contributed by atoms with Gasteiger partial charge in [-0.25, -0.2) is 8.42 Å². The Balaban J connectivity index is 2.24. The highest BCUT2D eigenvalue weighted by Crippen LogP contribution is 2.37. The van der Waals surface area contributed by atoms with Gasteiger partial charge in [0.15, 0.2) is 0 Å². The first-order valence-electron chi connectivity index (χ1n) is 5.66. The van der Waals surface area contributed by atoms with Gasteiger partial charge in [-0.05, 0) is 24.8 Å². The molecule has 1 aromatic carbocycles. The molecule has 2 rings (SSSR count). The molecule has 0 amide bonds. The molecule has 0 radical (unpaired) electrons. The molecule has 94 valence electrons. The van der Waals surface area contributed by atoms with Gasteiger partial charge in [-0.2, -0.15) is 4.31 Å². The second kappa shape index (κ2) is 4.40. The Labute approximate surface area is 102 Å². The highest BCUT2D eigenvalue weighted by Gasteiger charge is 2.44. The molecule has 0 spiro atoms. The van der Waals surface area contributed by atoms with Crippen molar-refractivity contribution in [2.75, 3.05) is 6.26 Å². The smallest absolute Gasteiger partial charge is 0.213 e. The summed E-state index contributed by atoms with van der Waals surface area (Å²) in [7, 11) is -3.40. The summed E-state index contributed by atoms with van der Waals surface area (Å²) in [6.45, 7) is 0.232. The van der Waals surface area contributed by atoms with E-state index in [2.05, 4.69) is 0 Å². The van der Waals surface area contributed by atoms with Gasteiger partial charge in [0.1, 0.15) is 5.72 Å². The van der Waals surface area contributed by atoms with Crippen molar-refractivity contribution in [1.29, 1.82) is 0 Å². The van der Waals surface area contributed by atoms with E-state index in [9.17, 15) is 13.5 Å². The molecule has 0 unspecified atom stereocenters. The molecule has 0 atom stereocenters. The summed E-state index contributed by atoms with van der Waals surface area (Å²) in [5.74, 6) is 0. The Bertz CT molecular complexity index is 480. The number of hydrogen-bond acceptors (Lipinski definition) is 3. The van der Waals surface area contributed by atoms with Crippen LogP contribution in [-0.4, -0.2) is 29.8 Å². The standard InChI is InChI=1S/C12H17NO3S/c1-17(15,16)13(12(14)8-5-9-12)10-11-6-3-2-4-7-11/h2-4,6-7,14H,5,8-10H2,1H3. The molecule has 4 nitrogen and oxygen atoms in total. The molecule has 1 aromatic rings. The minimum absolute atomic E-state index is 0.232.